The first kappa shape index (κ1) is 33.0. The van der Waals surface area contributed by atoms with Gasteiger partial charge in [0.2, 0.25) is 11.6 Å². The van der Waals surface area contributed by atoms with Crippen molar-refractivity contribution in [1.29, 1.82) is 0 Å². The zero-order chi connectivity index (χ0) is 37.2. The second kappa shape index (κ2) is 12.4. The van der Waals surface area contributed by atoms with E-state index in [-0.39, 0.29) is 21.1 Å². The molecule has 13 aromatic rings. The molecule has 0 radical (unpaired) electrons. The van der Waals surface area contributed by atoms with Crippen LogP contribution in [0.4, 0.5) is 0 Å². The minimum Gasteiger partial charge on any atom is -0.358 e. The van der Waals surface area contributed by atoms with Gasteiger partial charge in [0.05, 0.1) is 44.1 Å². The molecule has 0 saturated carbocycles. The summed E-state index contributed by atoms with van der Waals surface area (Å²) in [5.74, 6) is 1.70. The Bertz CT molecular complexity index is 3770. The van der Waals surface area contributed by atoms with Gasteiger partial charge in [-0.3, -0.25) is 8.80 Å². The van der Waals surface area contributed by atoms with Gasteiger partial charge < -0.3 is 13.7 Å². The third kappa shape index (κ3) is 4.53. The van der Waals surface area contributed by atoms with Crippen LogP contribution >= 0.6 is 0 Å². The van der Waals surface area contributed by atoms with E-state index in [9.17, 15) is 0 Å². The quantitative estimate of drug-likeness (QED) is 0.165. The number of fused-ring (bicyclic) bond motifs is 13. The SMILES string of the molecule is [Pt+2].[c-]1c(-n2c3[c-]c(-n4c5ccccc5n5c6ccccc6nc45)ccc3c3ccccc32)cccc1-n1c2ccc(-c3ccccc3)cc2n2c3ccccc3nc12. The molecular weight excluding hydrogens is 894 g/mol. The van der Waals surface area contributed by atoms with Gasteiger partial charge in [-0.2, -0.15) is 12.1 Å². The molecule has 0 spiro atoms. The summed E-state index contributed by atoms with van der Waals surface area (Å²) in [5.41, 5.74) is 15.5. The molecule has 0 N–H and O–H groups in total. The molecule has 8 heteroatoms. The van der Waals surface area contributed by atoms with E-state index in [2.05, 4.69) is 198 Å². The van der Waals surface area contributed by atoms with Gasteiger partial charge in [0.1, 0.15) is 0 Å². The second-order valence-electron chi connectivity index (χ2n) is 14.6. The molecule has 0 aliphatic carbocycles. The van der Waals surface area contributed by atoms with Gasteiger partial charge in [-0.1, -0.05) is 114 Å². The predicted octanol–water partition coefficient (Wildman–Crippen LogP) is 11.5. The van der Waals surface area contributed by atoms with E-state index in [0.29, 0.717) is 0 Å². The van der Waals surface area contributed by atoms with E-state index in [4.69, 9.17) is 9.97 Å². The number of nitrogens with zero attached hydrogens (tertiary/aromatic N) is 7. The molecule has 0 bridgehead atoms. The molecular formula is C50H29N7Pt. The van der Waals surface area contributed by atoms with E-state index in [1.165, 1.54) is 5.56 Å². The van der Waals surface area contributed by atoms with Crippen LogP contribution in [0.2, 0.25) is 0 Å². The summed E-state index contributed by atoms with van der Waals surface area (Å²) in [6, 6.07) is 69.5. The average molecular weight is 923 g/mol. The molecule has 0 aliphatic rings. The van der Waals surface area contributed by atoms with Crippen molar-refractivity contribution in [2.75, 3.05) is 0 Å². The Morgan fingerprint density at radius 1 is 0.345 bits per heavy atom. The van der Waals surface area contributed by atoms with Crippen molar-refractivity contribution in [2.45, 2.75) is 0 Å². The van der Waals surface area contributed by atoms with Crippen LogP contribution in [-0.2, 0) is 21.1 Å². The van der Waals surface area contributed by atoms with E-state index in [1.807, 2.05) is 12.1 Å². The fourth-order valence-electron chi connectivity index (χ4n) is 9.00. The van der Waals surface area contributed by atoms with Crippen molar-refractivity contribution in [3.05, 3.63) is 188 Å². The van der Waals surface area contributed by atoms with Crippen LogP contribution in [0, 0.1) is 12.1 Å². The smallest absolute Gasteiger partial charge is 0.358 e. The molecule has 8 aromatic carbocycles. The van der Waals surface area contributed by atoms with Crippen LogP contribution in [0.3, 0.4) is 0 Å². The van der Waals surface area contributed by atoms with Gasteiger partial charge in [0.25, 0.3) is 0 Å². The first-order valence-corrected chi connectivity index (χ1v) is 19.1. The Morgan fingerprint density at radius 2 is 0.897 bits per heavy atom. The zero-order valence-electron chi connectivity index (χ0n) is 30.7. The Kier molecular flexibility index (Phi) is 7.05. The third-order valence-corrected chi connectivity index (χ3v) is 11.5. The number of rotatable bonds is 4. The van der Waals surface area contributed by atoms with Gasteiger partial charge >= 0.3 is 21.1 Å². The maximum atomic E-state index is 5.21. The van der Waals surface area contributed by atoms with Gasteiger partial charge in [-0.25, -0.2) is 9.97 Å². The van der Waals surface area contributed by atoms with Crippen LogP contribution in [0.15, 0.2) is 176 Å². The molecule has 0 aliphatic heterocycles. The van der Waals surface area contributed by atoms with Crippen molar-refractivity contribution < 1.29 is 21.1 Å². The molecule has 0 saturated heterocycles. The standard InChI is InChI=1S/C50H29N7.Pt/c1-2-13-32(14-3-1)33-25-28-46-48(29-33)57-43-22-9-6-19-40(43)52-50(57)54(46)35-16-12-15-34(30-35)53-41-20-7-4-17-37(41)38-27-26-36(31-47(38)53)55-44-23-10-11-24-45(44)56-42-21-8-5-18-39(42)51-49(55)56;/h1-29H;/q-2;+2. The number of hydrogen-bond acceptors (Lipinski definition) is 2. The topological polar surface area (TPSA) is 49.4 Å². The Labute approximate surface area is 345 Å². The molecule has 0 atom stereocenters. The Morgan fingerprint density at radius 3 is 1.62 bits per heavy atom. The Hall–Kier alpha value is -7.21. The van der Waals surface area contributed by atoms with Crippen LogP contribution in [0.25, 0.3) is 106 Å². The van der Waals surface area contributed by atoms with Gasteiger partial charge in [0.15, 0.2) is 0 Å². The summed E-state index contributed by atoms with van der Waals surface area (Å²) in [5, 5.41) is 2.28. The first-order chi connectivity index (χ1) is 28.3. The second-order valence-corrected chi connectivity index (χ2v) is 14.6. The number of hydrogen-bond donors (Lipinski definition) is 0. The summed E-state index contributed by atoms with van der Waals surface area (Å²) >= 11 is 0. The molecule has 0 fully saturated rings. The van der Waals surface area contributed by atoms with Gasteiger partial charge in [0, 0.05) is 5.52 Å². The number of benzene rings is 8. The number of imidazole rings is 4. The first-order valence-electron chi connectivity index (χ1n) is 19.1. The Balaban J connectivity index is 0.00000366. The molecule has 13 rings (SSSR count). The minimum absolute atomic E-state index is 0. The van der Waals surface area contributed by atoms with Crippen molar-refractivity contribution in [3.8, 4) is 28.2 Å². The van der Waals surface area contributed by atoms with E-state index in [0.717, 1.165) is 100 Å². The summed E-state index contributed by atoms with van der Waals surface area (Å²) < 4.78 is 11.3. The fraction of sp³-hybridized carbons (Fsp3) is 0. The maximum Gasteiger partial charge on any atom is 2.00 e. The van der Waals surface area contributed by atoms with Crippen LogP contribution < -0.4 is 0 Å². The summed E-state index contributed by atoms with van der Waals surface area (Å²) in [6.07, 6.45) is 0. The molecule has 5 aromatic heterocycles. The molecule has 5 heterocycles. The average Bonchev–Trinajstić information content (AvgIpc) is 4.06. The molecule has 7 nitrogen and oxygen atoms in total. The summed E-state index contributed by atoms with van der Waals surface area (Å²) in [7, 11) is 0. The largest absolute Gasteiger partial charge is 2.00 e. The van der Waals surface area contributed by atoms with E-state index >= 15 is 0 Å². The molecule has 0 amide bonds. The van der Waals surface area contributed by atoms with Crippen LogP contribution in [0.1, 0.15) is 0 Å². The third-order valence-electron chi connectivity index (χ3n) is 11.5. The van der Waals surface area contributed by atoms with Crippen LogP contribution in [0.5, 0.6) is 0 Å². The predicted molar refractivity (Wildman–Crippen MR) is 230 cm³/mol. The van der Waals surface area contributed by atoms with Gasteiger partial charge in [-0.15, -0.1) is 35.7 Å². The van der Waals surface area contributed by atoms with Crippen molar-refractivity contribution >= 4 is 77.5 Å². The van der Waals surface area contributed by atoms with Crippen molar-refractivity contribution in [2.24, 2.45) is 0 Å². The summed E-state index contributed by atoms with van der Waals surface area (Å²) in [4.78, 5) is 10.4. The minimum atomic E-state index is 0. The molecule has 274 valence electrons. The van der Waals surface area contributed by atoms with E-state index < -0.39 is 0 Å². The van der Waals surface area contributed by atoms with Gasteiger partial charge in [-0.05, 0) is 71.1 Å². The van der Waals surface area contributed by atoms with E-state index in [1.54, 1.807) is 0 Å². The number of aromatic nitrogens is 7. The van der Waals surface area contributed by atoms with Crippen LogP contribution in [-0.4, -0.2) is 32.5 Å². The van der Waals surface area contributed by atoms with Crippen molar-refractivity contribution in [3.63, 3.8) is 0 Å². The normalized spacial score (nSPS) is 12.0. The molecule has 58 heavy (non-hydrogen) atoms. The van der Waals surface area contributed by atoms with Crippen molar-refractivity contribution in [1.82, 2.24) is 32.5 Å². The maximum absolute atomic E-state index is 5.21. The number of para-hydroxylation sites is 7. The monoisotopic (exact) mass is 922 g/mol. The summed E-state index contributed by atoms with van der Waals surface area (Å²) in [6.45, 7) is 0. The molecule has 0 unspecified atom stereocenters. The fourth-order valence-corrected chi connectivity index (χ4v) is 9.00. The zero-order valence-corrected chi connectivity index (χ0v) is 33.0.